The minimum absolute atomic E-state index is 0.149. The number of morpholine rings is 1. The van der Waals surface area contributed by atoms with Gasteiger partial charge in [-0.3, -0.25) is 4.90 Å². The smallest absolute Gasteiger partial charge is 0.338 e. The van der Waals surface area contributed by atoms with Crippen LogP contribution in [-0.4, -0.2) is 49.8 Å². The van der Waals surface area contributed by atoms with Gasteiger partial charge in [0.05, 0.1) is 18.8 Å². The molecule has 0 spiro atoms. The average Bonchev–Trinajstić information content (AvgIpc) is 2.39. The predicted octanol–water partition coefficient (Wildman–Crippen LogP) is 2.22. The Hall–Kier alpha value is -1.10. The predicted molar refractivity (Wildman–Crippen MR) is 73.6 cm³/mol. The van der Waals surface area contributed by atoms with Crippen LogP contribution in [0.2, 0.25) is 5.02 Å². The molecule has 1 aliphatic rings. The quantitative estimate of drug-likeness (QED) is 0.794. The molecule has 0 saturated carbocycles. The summed E-state index contributed by atoms with van der Waals surface area (Å²) in [6.07, 6.45) is -0.149. The van der Waals surface area contributed by atoms with Crippen molar-refractivity contribution in [3.8, 4) is 0 Å². The molecule has 1 aromatic carbocycles. The van der Waals surface area contributed by atoms with Crippen LogP contribution < -0.4 is 0 Å². The van der Waals surface area contributed by atoms with E-state index >= 15 is 0 Å². The number of carbonyl (C=O) groups excluding carboxylic acids is 1. The minimum atomic E-state index is -0.330. The van der Waals surface area contributed by atoms with Crippen LogP contribution >= 0.6 is 11.6 Å². The molecule has 1 heterocycles. The van der Waals surface area contributed by atoms with Crippen LogP contribution in [0, 0.1) is 0 Å². The molecule has 1 fully saturated rings. The third kappa shape index (κ3) is 4.49. The third-order valence-electron chi connectivity index (χ3n) is 2.99. The highest BCUT2D eigenvalue weighted by molar-refractivity contribution is 6.30. The van der Waals surface area contributed by atoms with Crippen molar-refractivity contribution in [1.82, 2.24) is 4.90 Å². The van der Waals surface area contributed by atoms with Gasteiger partial charge in [-0.25, -0.2) is 4.79 Å². The van der Waals surface area contributed by atoms with Gasteiger partial charge in [-0.15, -0.1) is 0 Å². The van der Waals surface area contributed by atoms with E-state index in [2.05, 4.69) is 4.90 Å². The standard InChI is InChI=1S/C14H18ClNO3/c1-11(10-16-5-7-18-8-6-16)19-14(17)12-3-2-4-13(15)9-12/h2-4,9,11H,5-8,10H2,1H3/t11-/m1/s1. The summed E-state index contributed by atoms with van der Waals surface area (Å²) in [5.41, 5.74) is 0.487. The molecule has 0 unspecified atom stereocenters. The fourth-order valence-electron chi connectivity index (χ4n) is 2.05. The summed E-state index contributed by atoms with van der Waals surface area (Å²) in [4.78, 5) is 14.2. The van der Waals surface area contributed by atoms with Crippen LogP contribution in [0.25, 0.3) is 0 Å². The number of esters is 1. The van der Waals surface area contributed by atoms with Crippen molar-refractivity contribution < 1.29 is 14.3 Å². The first-order valence-electron chi connectivity index (χ1n) is 6.42. The summed E-state index contributed by atoms with van der Waals surface area (Å²) in [5, 5.41) is 0.537. The maximum atomic E-state index is 11.9. The minimum Gasteiger partial charge on any atom is -0.458 e. The highest BCUT2D eigenvalue weighted by Gasteiger charge is 2.17. The van der Waals surface area contributed by atoms with Gasteiger partial charge >= 0.3 is 5.97 Å². The summed E-state index contributed by atoms with van der Waals surface area (Å²) < 4.78 is 10.7. The number of halogens is 1. The maximum Gasteiger partial charge on any atom is 0.338 e. The molecule has 5 heteroatoms. The first-order chi connectivity index (χ1) is 9.15. The summed E-state index contributed by atoms with van der Waals surface area (Å²) in [5.74, 6) is -0.330. The molecule has 0 radical (unpaired) electrons. The molecule has 1 saturated heterocycles. The Morgan fingerprint density at radius 1 is 1.47 bits per heavy atom. The lowest BCUT2D eigenvalue weighted by atomic mass is 10.2. The van der Waals surface area contributed by atoms with Gasteiger partial charge in [0.1, 0.15) is 6.10 Å². The van der Waals surface area contributed by atoms with Crippen molar-refractivity contribution in [2.45, 2.75) is 13.0 Å². The Bertz CT molecular complexity index is 432. The Morgan fingerprint density at radius 3 is 2.89 bits per heavy atom. The largest absolute Gasteiger partial charge is 0.458 e. The molecule has 0 amide bonds. The lowest BCUT2D eigenvalue weighted by molar-refractivity contribution is 0.000447. The molecule has 19 heavy (non-hydrogen) atoms. The van der Waals surface area contributed by atoms with Crippen LogP contribution in [-0.2, 0) is 9.47 Å². The Kier molecular flexibility index (Phi) is 5.19. The molecular formula is C14H18ClNO3. The second-order valence-corrected chi connectivity index (χ2v) is 5.08. The first kappa shape index (κ1) is 14.3. The second kappa shape index (κ2) is 6.89. The number of benzene rings is 1. The fourth-order valence-corrected chi connectivity index (χ4v) is 2.24. The lowest BCUT2D eigenvalue weighted by Crippen LogP contribution is -2.41. The molecule has 1 aliphatic heterocycles. The van der Waals surface area contributed by atoms with Crippen LogP contribution in [0.3, 0.4) is 0 Å². The van der Waals surface area contributed by atoms with Crippen LogP contribution in [0.1, 0.15) is 17.3 Å². The van der Waals surface area contributed by atoms with Gasteiger partial charge in [-0.05, 0) is 25.1 Å². The highest BCUT2D eigenvalue weighted by atomic mass is 35.5. The van der Waals surface area contributed by atoms with E-state index in [1.54, 1.807) is 24.3 Å². The second-order valence-electron chi connectivity index (χ2n) is 4.64. The van der Waals surface area contributed by atoms with Crippen LogP contribution in [0.15, 0.2) is 24.3 Å². The van der Waals surface area contributed by atoms with E-state index in [0.717, 1.165) is 32.8 Å². The van der Waals surface area contributed by atoms with E-state index in [0.29, 0.717) is 10.6 Å². The first-order valence-corrected chi connectivity index (χ1v) is 6.79. The Balaban J connectivity index is 1.84. The van der Waals surface area contributed by atoms with E-state index < -0.39 is 0 Å². The van der Waals surface area contributed by atoms with E-state index in [9.17, 15) is 4.79 Å². The maximum absolute atomic E-state index is 11.9. The average molecular weight is 284 g/mol. The zero-order valence-corrected chi connectivity index (χ0v) is 11.7. The summed E-state index contributed by atoms with van der Waals surface area (Å²) in [6, 6.07) is 6.79. The number of hydrogen-bond donors (Lipinski definition) is 0. The van der Waals surface area contributed by atoms with Crippen molar-refractivity contribution in [1.29, 1.82) is 0 Å². The van der Waals surface area contributed by atoms with Gasteiger partial charge in [0.25, 0.3) is 0 Å². The molecule has 0 aromatic heterocycles. The van der Waals surface area contributed by atoms with E-state index in [1.165, 1.54) is 0 Å². The van der Waals surface area contributed by atoms with Crippen LogP contribution in [0.4, 0.5) is 0 Å². The van der Waals surface area contributed by atoms with Gasteiger partial charge in [-0.2, -0.15) is 0 Å². The number of ether oxygens (including phenoxy) is 2. The van der Waals surface area contributed by atoms with Crippen molar-refractivity contribution in [2.75, 3.05) is 32.8 Å². The fraction of sp³-hybridized carbons (Fsp3) is 0.500. The van der Waals surface area contributed by atoms with Crippen molar-refractivity contribution in [2.24, 2.45) is 0 Å². The highest BCUT2D eigenvalue weighted by Crippen LogP contribution is 2.12. The zero-order valence-electron chi connectivity index (χ0n) is 11.0. The Labute approximate surface area is 118 Å². The molecule has 1 atom stereocenters. The monoisotopic (exact) mass is 283 g/mol. The molecule has 4 nitrogen and oxygen atoms in total. The lowest BCUT2D eigenvalue weighted by Gasteiger charge is -2.28. The normalized spacial score (nSPS) is 18.0. The molecule has 2 rings (SSSR count). The topological polar surface area (TPSA) is 38.8 Å². The molecular weight excluding hydrogens is 266 g/mol. The van der Waals surface area contributed by atoms with E-state index in [-0.39, 0.29) is 12.1 Å². The van der Waals surface area contributed by atoms with Gasteiger partial charge < -0.3 is 9.47 Å². The number of nitrogens with zero attached hydrogens (tertiary/aromatic N) is 1. The van der Waals surface area contributed by atoms with Gasteiger partial charge in [0.15, 0.2) is 0 Å². The van der Waals surface area contributed by atoms with Gasteiger partial charge in [0.2, 0.25) is 0 Å². The summed E-state index contributed by atoms with van der Waals surface area (Å²) >= 11 is 5.85. The van der Waals surface area contributed by atoms with Gasteiger partial charge in [0, 0.05) is 24.7 Å². The molecule has 0 aliphatic carbocycles. The zero-order chi connectivity index (χ0) is 13.7. The number of rotatable bonds is 4. The van der Waals surface area contributed by atoms with E-state index in [4.69, 9.17) is 21.1 Å². The van der Waals surface area contributed by atoms with Crippen molar-refractivity contribution in [3.05, 3.63) is 34.9 Å². The summed E-state index contributed by atoms with van der Waals surface area (Å²) in [7, 11) is 0. The molecule has 104 valence electrons. The number of carbonyl (C=O) groups is 1. The number of hydrogen-bond acceptors (Lipinski definition) is 4. The van der Waals surface area contributed by atoms with Crippen molar-refractivity contribution in [3.63, 3.8) is 0 Å². The van der Waals surface area contributed by atoms with Crippen molar-refractivity contribution >= 4 is 17.6 Å². The molecule has 1 aromatic rings. The van der Waals surface area contributed by atoms with E-state index in [1.807, 2.05) is 6.92 Å². The molecule has 0 bridgehead atoms. The van der Waals surface area contributed by atoms with Crippen LogP contribution in [0.5, 0.6) is 0 Å². The van der Waals surface area contributed by atoms with Gasteiger partial charge in [-0.1, -0.05) is 17.7 Å². The SMILES string of the molecule is C[C@H](CN1CCOCC1)OC(=O)c1cccc(Cl)c1. The molecule has 0 N–H and O–H groups in total. The Morgan fingerprint density at radius 2 is 2.21 bits per heavy atom. The summed E-state index contributed by atoms with van der Waals surface area (Å²) in [6.45, 7) is 5.90. The third-order valence-corrected chi connectivity index (χ3v) is 3.22.